The van der Waals surface area contributed by atoms with Gasteiger partial charge in [0.25, 0.3) is 0 Å². The van der Waals surface area contributed by atoms with Crippen molar-refractivity contribution in [3.05, 3.63) is 0 Å². The maximum absolute atomic E-state index is 5.66. The third-order valence-corrected chi connectivity index (χ3v) is 4.35. The molecular formula is C19H37ClO5. The topological polar surface area (TPSA) is 52.8 Å². The first-order valence-corrected chi connectivity index (χ1v) is 10.4. The van der Waals surface area contributed by atoms with Crippen LogP contribution in [0, 0.1) is 0 Å². The average molecular weight is 381 g/mol. The molecule has 0 aromatic heterocycles. The van der Waals surface area contributed by atoms with E-state index >= 15 is 0 Å². The zero-order valence-corrected chi connectivity index (χ0v) is 16.8. The van der Waals surface area contributed by atoms with Gasteiger partial charge in [-0.25, -0.2) is 0 Å². The lowest BCUT2D eigenvalue weighted by Gasteiger charge is -2.13. The minimum Gasteiger partial charge on any atom is -0.379 e. The fourth-order valence-electron chi connectivity index (χ4n) is 2.27. The summed E-state index contributed by atoms with van der Waals surface area (Å²) in [7, 11) is 0. The van der Waals surface area contributed by atoms with Crippen molar-refractivity contribution in [2.45, 2.75) is 70.7 Å². The summed E-state index contributed by atoms with van der Waals surface area (Å²) in [5, 5.41) is 0. The van der Waals surface area contributed by atoms with Gasteiger partial charge in [-0.1, -0.05) is 38.5 Å². The number of ether oxygens (including phenoxy) is 5. The molecule has 3 unspecified atom stereocenters. The summed E-state index contributed by atoms with van der Waals surface area (Å²) in [5.41, 5.74) is 0. The number of hydrogen-bond donors (Lipinski definition) is 0. The minimum absolute atomic E-state index is 0.0100. The highest BCUT2D eigenvalue weighted by molar-refractivity contribution is 6.18. The second kappa shape index (κ2) is 16.3. The van der Waals surface area contributed by atoms with Crippen molar-refractivity contribution in [1.82, 2.24) is 0 Å². The number of alkyl halides is 1. The van der Waals surface area contributed by atoms with Gasteiger partial charge in [0.2, 0.25) is 0 Å². The highest BCUT2D eigenvalue weighted by Crippen LogP contribution is 2.15. The van der Waals surface area contributed by atoms with Crippen LogP contribution in [0.1, 0.15) is 52.4 Å². The summed E-state index contributed by atoms with van der Waals surface area (Å²) >= 11 is 5.66. The van der Waals surface area contributed by atoms with Crippen LogP contribution in [-0.4, -0.2) is 70.4 Å². The lowest BCUT2D eigenvalue weighted by atomic mass is 10.0. The Morgan fingerprint density at radius 2 is 1.32 bits per heavy atom. The first-order chi connectivity index (χ1) is 12.3. The lowest BCUT2D eigenvalue weighted by molar-refractivity contribution is -0.00666. The predicted octanol–water partition coefficient (Wildman–Crippen LogP) is 3.81. The summed E-state index contributed by atoms with van der Waals surface area (Å²) < 4.78 is 25.5. The first kappa shape index (κ1) is 23.1. The summed E-state index contributed by atoms with van der Waals surface area (Å²) in [6.45, 7) is 9.19. The van der Waals surface area contributed by atoms with Gasteiger partial charge in [0.15, 0.2) is 0 Å². The molecule has 3 aliphatic rings. The molecule has 0 aromatic rings. The average Bonchev–Trinajstić information content (AvgIpc) is 3.58. The SMILES string of the molecule is C1CCCCC1.CCOCC(CCl)OCC1CO1.CCOCC1CO1. The van der Waals surface area contributed by atoms with Crippen molar-refractivity contribution < 1.29 is 23.7 Å². The van der Waals surface area contributed by atoms with Gasteiger partial charge < -0.3 is 23.7 Å². The Hall–Kier alpha value is 0.0900. The maximum Gasteiger partial charge on any atom is 0.104 e. The van der Waals surface area contributed by atoms with Crippen LogP contribution < -0.4 is 0 Å². The van der Waals surface area contributed by atoms with Gasteiger partial charge in [-0.05, 0) is 13.8 Å². The van der Waals surface area contributed by atoms with Gasteiger partial charge in [-0.3, -0.25) is 0 Å². The van der Waals surface area contributed by atoms with Crippen LogP contribution in [0.5, 0.6) is 0 Å². The van der Waals surface area contributed by atoms with Crippen molar-refractivity contribution in [3.63, 3.8) is 0 Å². The normalized spacial score (nSPS) is 25.1. The Bertz CT molecular complexity index is 269. The third-order valence-electron chi connectivity index (χ3n) is 4.01. The van der Waals surface area contributed by atoms with E-state index in [-0.39, 0.29) is 6.10 Å². The van der Waals surface area contributed by atoms with Crippen molar-refractivity contribution >= 4 is 11.6 Å². The number of epoxide rings is 2. The standard InChI is InChI=1S/C8H15ClO3.C6H12.C5H10O2/c1-2-10-4-7(3-9)11-5-8-6-12-8;1-2-4-6-5-3-1;1-2-6-3-5-4-7-5/h7-8H,2-6H2,1H3;1-6H2;5H,2-4H2,1H3. The van der Waals surface area contributed by atoms with E-state index in [0.29, 0.717) is 37.9 Å². The molecule has 5 nitrogen and oxygen atoms in total. The van der Waals surface area contributed by atoms with Crippen LogP contribution in [0.15, 0.2) is 0 Å². The van der Waals surface area contributed by atoms with Crippen molar-refractivity contribution in [1.29, 1.82) is 0 Å². The smallest absolute Gasteiger partial charge is 0.104 e. The molecule has 6 heteroatoms. The Morgan fingerprint density at radius 1 is 0.840 bits per heavy atom. The van der Waals surface area contributed by atoms with E-state index in [9.17, 15) is 0 Å². The molecule has 25 heavy (non-hydrogen) atoms. The molecule has 2 saturated heterocycles. The summed E-state index contributed by atoms with van der Waals surface area (Å²) in [4.78, 5) is 0. The van der Waals surface area contributed by atoms with Crippen LogP contribution in [0.3, 0.4) is 0 Å². The monoisotopic (exact) mass is 380 g/mol. The molecule has 0 spiro atoms. The molecule has 3 fully saturated rings. The molecular weight excluding hydrogens is 344 g/mol. The number of rotatable bonds is 10. The third kappa shape index (κ3) is 16.0. The summed E-state index contributed by atoms with van der Waals surface area (Å²) in [5.74, 6) is 0.479. The van der Waals surface area contributed by atoms with Gasteiger partial charge in [-0.15, -0.1) is 11.6 Å². The van der Waals surface area contributed by atoms with Gasteiger partial charge in [0.05, 0.1) is 45.0 Å². The van der Waals surface area contributed by atoms with Crippen molar-refractivity contribution in [2.75, 3.05) is 52.1 Å². The number of halogens is 1. The van der Waals surface area contributed by atoms with E-state index in [2.05, 4.69) is 0 Å². The van der Waals surface area contributed by atoms with E-state index in [4.69, 9.17) is 35.3 Å². The van der Waals surface area contributed by atoms with Gasteiger partial charge >= 0.3 is 0 Å². The Labute approximate surface area is 158 Å². The van der Waals surface area contributed by atoms with Crippen molar-refractivity contribution in [2.24, 2.45) is 0 Å². The molecule has 0 bridgehead atoms. The minimum atomic E-state index is 0.0100. The predicted molar refractivity (Wildman–Crippen MR) is 101 cm³/mol. The number of hydrogen-bond acceptors (Lipinski definition) is 5. The van der Waals surface area contributed by atoms with E-state index in [1.54, 1.807) is 0 Å². The van der Waals surface area contributed by atoms with E-state index in [1.165, 1.54) is 38.5 Å². The molecule has 1 aliphatic carbocycles. The molecule has 2 heterocycles. The van der Waals surface area contributed by atoms with Crippen LogP contribution in [0.4, 0.5) is 0 Å². The highest BCUT2D eigenvalue weighted by Gasteiger charge is 2.24. The van der Waals surface area contributed by atoms with Crippen LogP contribution >= 0.6 is 11.6 Å². The second-order valence-electron chi connectivity index (χ2n) is 6.46. The molecule has 0 radical (unpaired) electrons. The van der Waals surface area contributed by atoms with Gasteiger partial charge in [0.1, 0.15) is 12.2 Å². The zero-order valence-electron chi connectivity index (χ0n) is 16.1. The Balaban J connectivity index is 0.000000203. The molecule has 2 aliphatic heterocycles. The largest absolute Gasteiger partial charge is 0.379 e. The fourth-order valence-corrected chi connectivity index (χ4v) is 2.45. The van der Waals surface area contributed by atoms with Crippen LogP contribution in [0.25, 0.3) is 0 Å². The van der Waals surface area contributed by atoms with Gasteiger partial charge in [0, 0.05) is 13.2 Å². The molecule has 3 rings (SSSR count). The zero-order chi connectivity index (χ0) is 18.2. The molecule has 3 atom stereocenters. The van der Waals surface area contributed by atoms with E-state index < -0.39 is 0 Å². The lowest BCUT2D eigenvalue weighted by Crippen LogP contribution is -2.23. The van der Waals surface area contributed by atoms with E-state index in [0.717, 1.165) is 26.4 Å². The van der Waals surface area contributed by atoms with Crippen molar-refractivity contribution in [3.8, 4) is 0 Å². The van der Waals surface area contributed by atoms with Gasteiger partial charge in [-0.2, -0.15) is 0 Å². The molecule has 150 valence electrons. The Kier molecular flexibility index (Phi) is 15.1. The summed E-state index contributed by atoms with van der Waals surface area (Å²) in [6.07, 6.45) is 9.74. The molecule has 0 N–H and O–H groups in total. The Morgan fingerprint density at radius 3 is 1.72 bits per heavy atom. The molecule has 0 aromatic carbocycles. The van der Waals surface area contributed by atoms with Crippen LogP contribution in [0.2, 0.25) is 0 Å². The maximum atomic E-state index is 5.66. The van der Waals surface area contributed by atoms with E-state index in [1.807, 2.05) is 13.8 Å². The first-order valence-electron chi connectivity index (χ1n) is 9.86. The molecule has 0 amide bonds. The molecule has 1 saturated carbocycles. The summed E-state index contributed by atoms with van der Waals surface area (Å²) in [6, 6.07) is 0. The second-order valence-corrected chi connectivity index (χ2v) is 6.77. The van der Waals surface area contributed by atoms with Crippen LogP contribution in [-0.2, 0) is 23.7 Å². The quantitative estimate of drug-likeness (QED) is 0.426. The fraction of sp³-hybridized carbons (Fsp3) is 1.00. The highest BCUT2D eigenvalue weighted by atomic mass is 35.5.